The number of anilines is 1. The molecule has 1 heterocycles. The van der Waals surface area contributed by atoms with E-state index in [1.54, 1.807) is 12.1 Å². The lowest BCUT2D eigenvalue weighted by Crippen LogP contribution is -2.32. The Morgan fingerprint density at radius 1 is 1.18 bits per heavy atom. The number of sulfonamides is 1. The Balaban J connectivity index is 1.66. The molecule has 3 rings (SSSR count). The SMILES string of the molecule is CCCc1ccc(NC(=O)c2cccc(S(=O)(=O)NCC3CCCO3)c2)cc1. The lowest BCUT2D eigenvalue weighted by molar-refractivity contribution is 0.102. The van der Waals surface area contributed by atoms with Crippen molar-refractivity contribution in [3.63, 3.8) is 0 Å². The average molecular weight is 403 g/mol. The Bertz CT molecular complexity index is 904. The maximum Gasteiger partial charge on any atom is 0.255 e. The minimum atomic E-state index is -3.70. The first-order valence-electron chi connectivity index (χ1n) is 9.59. The molecule has 0 radical (unpaired) electrons. The molecule has 1 aliphatic heterocycles. The Labute approximate surface area is 166 Å². The second kappa shape index (κ2) is 9.32. The first-order valence-corrected chi connectivity index (χ1v) is 11.1. The van der Waals surface area contributed by atoms with E-state index >= 15 is 0 Å². The van der Waals surface area contributed by atoms with E-state index in [1.165, 1.54) is 17.7 Å². The molecule has 28 heavy (non-hydrogen) atoms. The van der Waals surface area contributed by atoms with Crippen LogP contribution in [0, 0.1) is 0 Å². The van der Waals surface area contributed by atoms with Crippen LogP contribution in [0.1, 0.15) is 42.1 Å². The monoisotopic (exact) mass is 402 g/mol. The van der Waals surface area contributed by atoms with Gasteiger partial charge in [-0.1, -0.05) is 31.5 Å². The molecule has 0 spiro atoms. The molecule has 1 fully saturated rings. The van der Waals surface area contributed by atoms with Crippen LogP contribution in [0.3, 0.4) is 0 Å². The van der Waals surface area contributed by atoms with Crippen LogP contribution in [0.2, 0.25) is 0 Å². The van der Waals surface area contributed by atoms with Crippen LogP contribution in [-0.2, 0) is 21.2 Å². The fourth-order valence-corrected chi connectivity index (χ4v) is 4.25. The zero-order valence-electron chi connectivity index (χ0n) is 16.0. The predicted octanol–water partition coefficient (Wildman–Crippen LogP) is 3.35. The summed E-state index contributed by atoms with van der Waals surface area (Å²) in [6.07, 6.45) is 3.77. The van der Waals surface area contributed by atoms with E-state index in [1.807, 2.05) is 24.3 Å². The van der Waals surface area contributed by atoms with Gasteiger partial charge in [-0.3, -0.25) is 4.79 Å². The molecule has 2 N–H and O–H groups in total. The maximum atomic E-state index is 12.5. The number of carbonyl (C=O) groups excluding carboxylic acids is 1. The van der Waals surface area contributed by atoms with Gasteiger partial charge in [0.05, 0.1) is 11.0 Å². The van der Waals surface area contributed by atoms with Gasteiger partial charge in [0.15, 0.2) is 0 Å². The molecule has 6 nitrogen and oxygen atoms in total. The number of aryl methyl sites for hydroxylation is 1. The third-order valence-corrected chi connectivity index (χ3v) is 6.10. The van der Waals surface area contributed by atoms with E-state index in [2.05, 4.69) is 17.0 Å². The maximum absolute atomic E-state index is 12.5. The molecule has 0 bridgehead atoms. The van der Waals surface area contributed by atoms with E-state index < -0.39 is 10.0 Å². The van der Waals surface area contributed by atoms with E-state index in [-0.39, 0.29) is 29.0 Å². The average Bonchev–Trinajstić information content (AvgIpc) is 3.22. The lowest BCUT2D eigenvalue weighted by atomic mass is 10.1. The third kappa shape index (κ3) is 5.41. The van der Waals surface area contributed by atoms with Gasteiger partial charge >= 0.3 is 0 Å². The van der Waals surface area contributed by atoms with Crippen molar-refractivity contribution in [2.45, 2.75) is 43.6 Å². The zero-order chi connectivity index (χ0) is 20.0. The summed E-state index contributed by atoms with van der Waals surface area (Å²) in [4.78, 5) is 12.6. The highest BCUT2D eigenvalue weighted by Crippen LogP contribution is 2.16. The minimum Gasteiger partial charge on any atom is -0.377 e. The fraction of sp³-hybridized carbons (Fsp3) is 0.381. The second-order valence-electron chi connectivity index (χ2n) is 6.92. The molecular formula is C21H26N2O4S. The van der Waals surface area contributed by atoms with E-state index in [9.17, 15) is 13.2 Å². The smallest absolute Gasteiger partial charge is 0.255 e. The van der Waals surface area contributed by atoms with Gasteiger partial charge in [0.1, 0.15) is 0 Å². The second-order valence-corrected chi connectivity index (χ2v) is 8.68. The van der Waals surface area contributed by atoms with Crippen LogP contribution in [0.5, 0.6) is 0 Å². The number of nitrogens with one attached hydrogen (secondary N) is 2. The zero-order valence-corrected chi connectivity index (χ0v) is 16.8. The topological polar surface area (TPSA) is 84.5 Å². The van der Waals surface area contributed by atoms with E-state index in [0.29, 0.717) is 12.3 Å². The molecular weight excluding hydrogens is 376 g/mol. The highest BCUT2D eigenvalue weighted by molar-refractivity contribution is 7.89. The Kier molecular flexibility index (Phi) is 6.83. The van der Waals surface area contributed by atoms with Crippen molar-refractivity contribution in [2.75, 3.05) is 18.5 Å². The standard InChI is InChI=1S/C21H26N2O4S/c1-2-5-16-9-11-18(12-10-16)23-21(24)17-6-3-8-20(14-17)28(25,26)22-15-19-7-4-13-27-19/h3,6,8-12,14,19,22H,2,4-5,7,13,15H2,1H3,(H,23,24). The largest absolute Gasteiger partial charge is 0.377 e. The Morgan fingerprint density at radius 2 is 1.96 bits per heavy atom. The van der Waals surface area contributed by atoms with Crippen LogP contribution in [0.25, 0.3) is 0 Å². The Hall–Kier alpha value is -2.22. The van der Waals surface area contributed by atoms with Crippen molar-refractivity contribution in [1.82, 2.24) is 4.72 Å². The summed E-state index contributed by atoms with van der Waals surface area (Å²) in [5.74, 6) is -0.348. The van der Waals surface area contributed by atoms with Crippen LogP contribution in [0.15, 0.2) is 53.4 Å². The summed E-state index contributed by atoms with van der Waals surface area (Å²) in [5.41, 5.74) is 2.18. The van der Waals surface area contributed by atoms with Crippen molar-refractivity contribution < 1.29 is 17.9 Å². The number of amides is 1. The van der Waals surface area contributed by atoms with Crippen LogP contribution in [0.4, 0.5) is 5.69 Å². The van der Waals surface area contributed by atoms with Gasteiger partial charge in [-0.25, -0.2) is 13.1 Å². The third-order valence-electron chi connectivity index (χ3n) is 4.68. The molecule has 1 aliphatic rings. The van der Waals surface area contributed by atoms with Gasteiger partial charge in [-0.2, -0.15) is 0 Å². The van der Waals surface area contributed by atoms with Crippen molar-refractivity contribution in [1.29, 1.82) is 0 Å². The molecule has 0 aromatic heterocycles. The van der Waals surface area contributed by atoms with Gasteiger partial charge in [0.2, 0.25) is 10.0 Å². The number of carbonyl (C=O) groups is 1. The normalized spacial score (nSPS) is 16.8. The number of rotatable bonds is 8. The van der Waals surface area contributed by atoms with E-state index in [0.717, 1.165) is 25.7 Å². The molecule has 1 amide bonds. The molecule has 1 saturated heterocycles. The number of benzene rings is 2. The first kappa shape index (κ1) is 20.5. The number of ether oxygens (including phenoxy) is 1. The predicted molar refractivity (Wildman–Crippen MR) is 109 cm³/mol. The summed E-state index contributed by atoms with van der Waals surface area (Å²) in [7, 11) is -3.70. The van der Waals surface area contributed by atoms with Crippen molar-refractivity contribution in [3.8, 4) is 0 Å². The van der Waals surface area contributed by atoms with Crippen molar-refractivity contribution in [3.05, 3.63) is 59.7 Å². The molecule has 2 aromatic rings. The number of hydrogen-bond acceptors (Lipinski definition) is 4. The molecule has 150 valence electrons. The molecule has 2 aromatic carbocycles. The summed E-state index contributed by atoms with van der Waals surface area (Å²) < 4.78 is 33.1. The molecule has 7 heteroatoms. The minimum absolute atomic E-state index is 0.0661. The Morgan fingerprint density at radius 3 is 2.64 bits per heavy atom. The van der Waals surface area contributed by atoms with Crippen molar-refractivity contribution >= 4 is 21.6 Å². The van der Waals surface area contributed by atoms with Crippen LogP contribution in [-0.4, -0.2) is 33.6 Å². The van der Waals surface area contributed by atoms with Crippen molar-refractivity contribution in [2.24, 2.45) is 0 Å². The van der Waals surface area contributed by atoms with Crippen LogP contribution < -0.4 is 10.0 Å². The summed E-state index contributed by atoms with van der Waals surface area (Å²) in [6, 6.07) is 13.7. The van der Waals surface area contributed by atoms with Crippen LogP contribution >= 0.6 is 0 Å². The molecule has 0 saturated carbocycles. The fourth-order valence-electron chi connectivity index (χ4n) is 3.14. The van der Waals surface area contributed by atoms with Gasteiger partial charge in [-0.05, 0) is 55.2 Å². The van der Waals surface area contributed by atoms with Gasteiger partial charge in [0, 0.05) is 24.4 Å². The first-order chi connectivity index (χ1) is 13.5. The highest BCUT2D eigenvalue weighted by Gasteiger charge is 2.21. The lowest BCUT2D eigenvalue weighted by Gasteiger charge is -2.12. The summed E-state index contributed by atoms with van der Waals surface area (Å²) in [6.45, 7) is 3.02. The molecule has 1 unspecified atom stereocenters. The van der Waals surface area contributed by atoms with Gasteiger partial charge in [-0.15, -0.1) is 0 Å². The summed E-state index contributed by atoms with van der Waals surface area (Å²) in [5, 5.41) is 2.81. The van der Waals surface area contributed by atoms with Gasteiger partial charge in [0.25, 0.3) is 5.91 Å². The molecule has 1 atom stereocenters. The van der Waals surface area contributed by atoms with E-state index in [4.69, 9.17) is 4.74 Å². The van der Waals surface area contributed by atoms with Gasteiger partial charge < -0.3 is 10.1 Å². The highest BCUT2D eigenvalue weighted by atomic mass is 32.2. The summed E-state index contributed by atoms with van der Waals surface area (Å²) >= 11 is 0. The number of hydrogen-bond donors (Lipinski definition) is 2. The quantitative estimate of drug-likeness (QED) is 0.709. The molecule has 0 aliphatic carbocycles.